The number of hydrogen-bond donors (Lipinski definition) is 2. The highest BCUT2D eigenvalue weighted by molar-refractivity contribution is 7.89. The van der Waals surface area contributed by atoms with Crippen molar-refractivity contribution in [2.45, 2.75) is 49.6 Å². The molecule has 1 aromatic carbocycles. The molecule has 1 aromatic rings. The molecule has 1 saturated carbocycles. The van der Waals surface area contributed by atoms with Crippen molar-refractivity contribution in [1.29, 1.82) is 0 Å². The van der Waals surface area contributed by atoms with Crippen LogP contribution in [-0.4, -0.2) is 68.2 Å². The first-order valence-electron chi connectivity index (χ1n) is 9.68. The second kappa shape index (κ2) is 8.59. The van der Waals surface area contributed by atoms with E-state index in [2.05, 4.69) is 10.6 Å². The van der Waals surface area contributed by atoms with E-state index in [1.807, 2.05) is 0 Å². The van der Waals surface area contributed by atoms with Crippen molar-refractivity contribution in [2.24, 2.45) is 0 Å². The monoisotopic (exact) mass is 408 g/mol. The molecule has 8 nitrogen and oxygen atoms in total. The Balaban J connectivity index is 1.55. The zero-order valence-corrected chi connectivity index (χ0v) is 17.2. The lowest BCUT2D eigenvalue weighted by atomic mass is 10.2. The number of benzene rings is 1. The number of rotatable bonds is 8. The molecule has 3 rings (SSSR count). The molecule has 0 spiro atoms. The number of nitrogens with one attached hydrogen (secondary N) is 2. The molecule has 2 N–H and O–H groups in total. The number of amides is 2. The van der Waals surface area contributed by atoms with Gasteiger partial charge in [0.15, 0.2) is 0 Å². The van der Waals surface area contributed by atoms with Crippen LogP contribution in [0, 0.1) is 0 Å². The third-order valence-corrected chi connectivity index (χ3v) is 7.11. The summed E-state index contributed by atoms with van der Waals surface area (Å²) in [6.45, 7) is 2.99. The average Bonchev–Trinajstić information content (AvgIpc) is 3.28. The van der Waals surface area contributed by atoms with Crippen LogP contribution in [0.4, 0.5) is 5.69 Å². The van der Waals surface area contributed by atoms with Gasteiger partial charge < -0.3 is 10.6 Å². The lowest BCUT2D eigenvalue weighted by Gasteiger charge is -2.23. The number of anilines is 1. The second-order valence-electron chi connectivity index (χ2n) is 7.56. The fraction of sp³-hybridized carbons (Fsp3) is 0.579. The zero-order chi connectivity index (χ0) is 20.3. The molecular weight excluding hydrogens is 380 g/mol. The standard InChI is InChI=1S/C19H28N4O4S/c1-14(22(2)13-18(24)20-15-5-6-15)19(25)21-16-7-9-17(10-8-16)28(26,27)23-11-3-4-12-23/h7-10,14-15H,3-6,11-13H2,1-2H3,(H,20,24)(H,21,25)/t14-/m1/s1. The highest BCUT2D eigenvalue weighted by Gasteiger charge is 2.28. The molecule has 0 bridgehead atoms. The fourth-order valence-electron chi connectivity index (χ4n) is 3.10. The lowest BCUT2D eigenvalue weighted by Crippen LogP contribution is -2.45. The van der Waals surface area contributed by atoms with E-state index >= 15 is 0 Å². The van der Waals surface area contributed by atoms with Gasteiger partial charge in [0.05, 0.1) is 17.5 Å². The molecule has 1 saturated heterocycles. The smallest absolute Gasteiger partial charge is 0.243 e. The maximum Gasteiger partial charge on any atom is 0.243 e. The molecule has 0 radical (unpaired) electrons. The summed E-state index contributed by atoms with van der Waals surface area (Å²) >= 11 is 0. The van der Waals surface area contributed by atoms with Crippen molar-refractivity contribution in [3.8, 4) is 0 Å². The minimum Gasteiger partial charge on any atom is -0.352 e. The van der Waals surface area contributed by atoms with E-state index in [9.17, 15) is 18.0 Å². The van der Waals surface area contributed by atoms with Gasteiger partial charge in [0.2, 0.25) is 21.8 Å². The van der Waals surface area contributed by atoms with E-state index < -0.39 is 16.1 Å². The molecular formula is C19H28N4O4S. The van der Waals surface area contributed by atoms with Crippen LogP contribution in [0.15, 0.2) is 29.2 Å². The summed E-state index contributed by atoms with van der Waals surface area (Å²) in [4.78, 5) is 26.2. The minimum atomic E-state index is -3.46. The van der Waals surface area contributed by atoms with E-state index in [-0.39, 0.29) is 23.3 Å². The van der Waals surface area contributed by atoms with Gasteiger partial charge >= 0.3 is 0 Å². The molecule has 1 heterocycles. The van der Waals surface area contributed by atoms with Crippen LogP contribution in [0.25, 0.3) is 0 Å². The predicted octanol–water partition coefficient (Wildman–Crippen LogP) is 1.01. The van der Waals surface area contributed by atoms with Gasteiger partial charge in [-0.3, -0.25) is 14.5 Å². The van der Waals surface area contributed by atoms with Crippen LogP contribution in [-0.2, 0) is 19.6 Å². The fourth-order valence-corrected chi connectivity index (χ4v) is 4.62. The number of nitrogens with zero attached hydrogens (tertiary/aromatic N) is 2. The van der Waals surface area contributed by atoms with Crippen LogP contribution in [0.5, 0.6) is 0 Å². The van der Waals surface area contributed by atoms with Gasteiger partial charge in [-0.15, -0.1) is 0 Å². The van der Waals surface area contributed by atoms with E-state index in [0.717, 1.165) is 25.7 Å². The summed E-state index contributed by atoms with van der Waals surface area (Å²) in [5.41, 5.74) is 0.521. The van der Waals surface area contributed by atoms with Crippen LogP contribution >= 0.6 is 0 Å². The highest BCUT2D eigenvalue weighted by Crippen LogP contribution is 2.22. The van der Waals surface area contributed by atoms with Crippen LogP contribution in [0.1, 0.15) is 32.6 Å². The van der Waals surface area contributed by atoms with Gasteiger partial charge in [-0.05, 0) is 63.9 Å². The third-order valence-electron chi connectivity index (χ3n) is 5.20. The molecule has 28 heavy (non-hydrogen) atoms. The number of likely N-dealkylation sites (N-methyl/N-ethyl adjacent to an activating group) is 1. The van der Waals surface area contributed by atoms with Crippen molar-refractivity contribution in [1.82, 2.24) is 14.5 Å². The lowest BCUT2D eigenvalue weighted by molar-refractivity contribution is -0.124. The minimum absolute atomic E-state index is 0.0823. The third kappa shape index (κ3) is 5.09. The van der Waals surface area contributed by atoms with Gasteiger partial charge in [-0.2, -0.15) is 4.31 Å². The van der Waals surface area contributed by atoms with Gasteiger partial charge in [0, 0.05) is 24.8 Å². The van der Waals surface area contributed by atoms with E-state index in [1.165, 1.54) is 16.4 Å². The van der Waals surface area contributed by atoms with Crippen LogP contribution < -0.4 is 10.6 Å². The second-order valence-corrected chi connectivity index (χ2v) is 9.50. The topological polar surface area (TPSA) is 98.8 Å². The van der Waals surface area contributed by atoms with Crippen LogP contribution in [0.3, 0.4) is 0 Å². The van der Waals surface area contributed by atoms with Gasteiger partial charge in [-0.25, -0.2) is 8.42 Å². The number of carbonyl (C=O) groups is 2. The molecule has 2 aliphatic rings. The Labute approximate surface area is 166 Å². The maximum absolute atomic E-state index is 12.5. The maximum atomic E-state index is 12.5. The van der Waals surface area contributed by atoms with Crippen molar-refractivity contribution in [3.63, 3.8) is 0 Å². The Hall–Kier alpha value is -1.97. The molecule has 2 fully saturated rings. The summed E-state index contributed by atoms with van der Waals surface area (Å²) < 4.78 is 26.6. The highest BCUT2D eigenvalue weighted by atomic mass is 32.2. The zero-order valence-electron chi connectivity index (χ0n) is 16.3. The Bertz CT molecular complexity index is 815. The van der Waals surface area contributed by atoms with Gasteiger partial charge in [0.1, 0.15) is 0 Å². The van der Waals surface area contributed by atoms with Gasteiger partial charge in [-0.1, -0.05) is 0 Å². The van der Waals surface area contributed by atoms with Crippen molar-refractivity contribution >= 4 is 27.5 Å². The number of sulfonamides is 1. The first-order chi connectivity index (χ1) is 13.3. The van der Waals surface area contributed by atoms with E-state index in [4.69, 9.17) is 0 Å². The summed E-state index contributed by atoms with van der Waals surface area (Å²) in [6.07, 6.45) is 3.82. The molecule has 9 heteroatoms. The van der Waals surface area contributed by atoms with E-state index in [0.29, 0.717) is 24.8 Å². The summed E-state index contributed by atoms with van der Waals surface area (Å²) in [5, 5.41) is 5.67. The molecule has 1 atom stereocenters. The molecule has 1 aliphatic heterocycles. The SMILES string of the molecule is C[C@H](C(=O)Nc1ccc(S(=O)(=O)N2CCCC2)cc1)N(C)CC(=O)NC1CC1. The Morgan fingerprint density at radius 3 is 2.36 bits per heavy atom. The largest absolute Gasteiger partial charge is 0.352 e. The molecule has 154 valence electrons. The molecule has 0 unspecified atom stereocenters. The molecule has 0 aromatic heterocycles. The number of carbonyl (C=O) groups excluding carboxylic acids is 2. The Morgan fingerprint density at radius 1 is 1.18 bits per heavy atom. The normalized spacial score (nSPS) is 18.8. The van der Waals surface area contributed by atoms with Crippen molar-refractivity contribution in [2.75, 3.05) is 32.0 Å². The Kier molecular flexibility index (Phi) is 6.36. The van der Waals surface area contributed by atoms with Crippen LogP contribution in [0.2, 0.25) is 0 Å². The summed E-state index contributed by atoms with van der Waals surface area (Å²) in [5.74, 6) is -0.335. The van der Waals surface area contributed by atoms with Crippen molar-refractivity contribution < 1.29 is 18.0 Å². The summed E-state index contributed by atoms with van der Waals surface area (Å²) in [6, 6.07) is 6.00. The van der Waals surface area contributed by atoms with Gasteiger partial charge in [0.25, 0.3) is 0 Å². The Morgan fingerprint density at radius 2 is 1.79 bits per heavy atom. The quantitative estimate of drug-likeness (QED) is 0.669. The predicted molar refractivity (Wildman–Crippen MR) is 106 cm³/mol. The molecule has 1 aliphatic carbocycles. The number of hydrogen-bond acceptors (Lipinski definition) is 5. The first-order valence-corrected chi connectivity index (χ1v) is 11.1. The van der Waals surface area contributed by atoms with Crippen molar-refractivity contribution in [3.05, 3.63) is 24.3 Å². The first kappa shape index (κ1) is 20.8. The average molecular weight is 409 g/mol. The summed E-state index contributed by atoms with van der Waals surface area (Å²) in [7, 11) is -1.74. The molecule has 2 amide bonds. The van der Waals surface area contributed by atoms with E-state index in [1.54, 1.807) is 31.0 Å².